The molecule has 3 rings (SSSR count). The topological polar surface area (TPSA) is 41.5 Å². The van der Waals surface area contributed by atoms with Gasteiger partial charge in [-0.05, 0) is 52.9 Å². The van der Waals surface area contributed by atoms with E-state index in [0.717, 1.165) is 16.8 Å². The number of carbonyl (C=O) groups is 1. The van der Waals surface area contributed by atoms with E-state index >= 15 is 0 Å². The third kappa shape index (κ3) is 4.20. The minimum Gasteiger partial charge on any atom is -0.300 e. The van der Waals surface area contributed by atoms with Crippen molar-refractivity contribution in [3.05, 3.63) is 70.1 Å². The lowest BCUT2D eigenvalue weighted by molar-refractivity contribution is -0.115. The highest BCUT2D eigenvalue weighted by Gasteiger charge is 2.24. The molecule has 4 heteroatoms. The second kappa shape index (κ2) is 6.89. The number of benzene rings is 2. The number of thioether (sulfide) groups is 1. The molecule has 1 aliphatic rings. The molecule has 0 saturated carbocycles. The molecule has 1 fully saturated rings. The van der Waals surface area contributed by atoms with Crippen molar-refractivity contribution in [2.45, 2.75) is 33.1 Å². The Morgan fingerprint density at radius 3 is 2.36 bits per heavy atom. The molecular formula is C21H22N2OS. The Morgan fingerprint density at radius 1 is 1.04 bits per heavy atom. The molecule has 1 saturated heterocycles. The average molecular weight is 350 g/mol. The smallest absolute Gasteiger partial charge is 0.264 e. The summed E-state index contributed by atoms with van der Waals surface area (Å²) in [6.45, 7) is 8.58. The molecule has 128 valence electrons. The van der Waals surface area contributed by atoms with E-state index in [4.69, 9.17) is 0 Å². The van der Waals surface area contributed by atoms with Crippen LogP contribution in [0.4, 0.5) is 5.69 Å². The van der Waals surface area contributed by atoms with Crippen LogP contribution in [0.25, 0.3) is 6.08 Å². The second-order valence-electron chi connectivity index (χ2n) is 7.14. The standard InChI is InChI=1S/C21H22N2OS/c1-14-7-5-6-8-17(14)22-20-23-19(24)18(25-20)13-15-9-11-16(12-10-15)21(2,3)4/h5-13H,1-4H3,(H,22,23,24)/b18-13-. The Labute approximate surface area is 153 Å². The maximum Gasteiger partial charge on any atom is 0.264 e. The first kappa shape index (κ1) is 17.5. The highest BCUT2D eigenvalue weighted by Crippen LogP contribution is 2.29. The molecule has 0 aromatic heterocycles. The summed E-state index contributed by atoms with van der Waals surface area (Å²) < 4.78 is 0. The first-order valence-electron chi connectivity index (χ1n) is 8.29. The van der Waals surface area contributed by atoms with Crippen molar-refractivity contribution in [3.8, 4) is 0 Å². The maximum atomic E-state index is 12.2. The molecule has 25 heavy (non-hydrogen) atoms. The molecule has 0 bridgehead atoms. The van der Waals surface area contributed by atoms with Gasteiger partial charge in [-0.2, -0.15) is 0 Å². The molecule has 0 unspecified atom stereocenters. The summed E-state index contributed by atoms with van der Waals surface area (Å²) in [6, 6.07) is 16.2. The predicted molar refractivity (Wildman–Crippen MR) is 107 cm³/mol. The van der Waals surface area contributed by atoms with Crippen molar-refractivity contribution in [1.29, 1.82) is 0 Å². The van der Waals surface area contributed by atoms with E-state index in [1.165, 1.54) is 17.3 Å². The van der Waals surface area contributed by atoms with Crippen LogP contribution in [0.5, 0.6) is 0 Å². The number of aliphatic imine (C=N–C) groups is 1. The van der Waals surface area contributed by atoms with Crippen LogP contribution in [0.15, 0.2) is 58.4 Å². The summed E-state index contributed by atoms with van der Waals surface area (Å²) >= 11 is 1.38. The summed E-state index contributed by atoms with van der Waals surface area (Å²) in [5, 5.41) is 3.46. The first-order valence-corrected chi connectivity index (χ1v) is 9.10. The number of hydrogen-bond acceptors (Lipinski definition) is 3. The SMILES string of the molecule is Cc1ccccc1N=C1NC(=O)/C(=C/c2ccc(C(C)(C)C)cc2)S1. The van der Waals surface area contributed by atoms with Gasteiger partial charge in [0.2, 0.25) is 0 Å². The quantitative estimate of drug-likeness (QED) is 0.758. The van der Waals surface area contributed by atoms with Crippen LogP contribution >= 0.6 is 11.8 Å². The highest BCUT2D eigenvalue weighted by atomic mass is 32.2. The van der Waals surface area contributed by atoms with Crippen molar-refractivity contribution in [2.75, 3.05) is 0 Å². The van der Waals surface area contributed by atoms with Gasteiger partial charge in [0.1, 0.15) is 0 Å². The first-order chi connectivity index (χ1) is 11.8. The van der Waals surface area contributed by atoms with Crippen LogP contribution < -0.4 is 5.32 Å². The Kier molecular flexibility index (Phi) is 4.82. The number of nitrogens with zero attached hydrogens (tertiary/aromatic N) is 1. The predicted octanol–water partition coefficient (Wildman–Crippen LogP) is 5.18. The van der Waals surface area contributed by atoms with E-state index in [1.807, 2.05) is 37.3 Å². The summed E-state index contributed by atoms with van der Waals surface area (Å²) in [6.07, 6.45) is 1.91. The number of hydrogen-bond donors (Lipinski definition) is 1. The van der Waals surface area contributed by atoms with Gasteiger partial charge in [0.05, 0.1) is 10.6 Å². The molecule has 0 aliphatic carbocycles. The molecule has 1 aliphatic heterocycles. The van der Waals surface area contributed by atoms with E-state index < -0.39 is 0 Å². The Morgan fingerprint density at radius 2 is 1.72 bits per heavy atom. The van der Waals surface area contributed by atoms with Crippen LogP contribution in [0.2, 0.25) is 0 Å². The lowest BCUT2D eigenvalue weighted by Crippen LogP contribution is -2.19. The monoisotopic (exact) mass is 350 g/mol. The van der Waals surface area contributed by atoms with Crippen LogP contribution in [-0.4, -0.2) is 11.1 Å². The van der Waals surface area contributed by atoms with Crippen LogP contribution in [0, 0.1) is 6.92 Å². The average Bonchev–Trinajstić information content (AvgIpc) is 2.89. The molecule has 2 aromatic carbocycles. The molecule has 1 amide bonds. The van der Waals surface area contributed by atoms with Crippen molar-refractivity contribution in [3.63, 3.8) is 0 Å². The van der Waals surface area contributed by atoms with Crippen molar-refractivity contribution >= 4 is 34.6 Å². The fraction of sp³-hybridized carbons (Fsp3) is 0.238. The second-order valence-corrected chi connectivity index (χ2v) is 8.17. The Hall–Kier alpha value is -2.33. The number of amidine groups is 1. The number of carbonyl (C=O) groups excluding carboxylic acids is 1. The third-order valence-corrected chi connectivity index (χ3v) is 4.97. The van der Waals surface area contributed by atoms with Gasteiger partial charge in [-0.3, -0.25) is 4.79 Å². The summed E-state index contributed by atoms with van der Waals surface area (Å²) in [4.78, 5) is 17.4. The largest absolute Gasteiger partial charge is 0.300 e. The lowest BCUT2D eigenvalue weighted by Gasteiger charge is -2.18. The van der Waals surface area contributed by atoms with E-state index in [-0.39, 0.29) is 11.3 Å². The molecular weight excluding hydrogens is 328 g/mol. The number of aryl methyl sites for hydroxylation is 1. The lowest BCUT2D eigenvalue weighted by atomic mass is 9.87. The van der Waals surface area contributed by atoms with Gasteiger partial charge in [0.25, 0.3) is 5.91 Å². The minimum absolute atomic E-state index is 0.0998. The minimum atomic E-state index is -0.0998. The van der Waals surface area contributed by atoms with Crippen molar-refractivity contribution in [1.82, 2.24) is 5.32 Å². The molecule has 3 nitrogen and oxygen atoms in total. The summed E-state index contributed by atoms with van der Waals surface area (Å²) in [5.41, 5.74) is 4.38. The van der Waals surface area contributed by atoms with Crippen molar-refractivity contribution in [2.24, 2.45) is 4.99 Å². The van der Waals surface area contributed by atoms with Gasteiger partial charge < -0.3 is 5.32 Å². The third-order valence-electron chi connectivity index (χ3n) is 4.06. The maximum absolute atomic E-state index is 12.2. The van der Waals surface area contributed by atoms with Gasteiger partial charge in [-0.15, -0.1) is 0 Å². The zero-order valence-corrected chi connectivity index (χ0v) is 15.8. The Balaban J connectivity index is 1.81. The van der Waals surface area contributed by atoms with Crippen LogP contribution in [-0.2, 0) is 10.2 Å². The fourth-order valence-electron chi connectivity index (χ4n) is 2.51. The van der Waals surface area contributed by atoms with Gasteiger partial charge in [0.15, 0.2) is 5.17 Å². The molecule has 2 aromatic rings. The molecule has 0 atom stereocenters. The molecule has 0 radical (unpaired) electrons. The molecule has 1 heterocycles. The van der Waals surface area contributed by atoms with Crippen molar-refractivity contribution < 1.29 is 4.79 Å². The van der Waals surface area contributed by atoms with E-state index in [2.05, 4.69) is 55.3 Å². The zero-order valence-electron chi connectivity index (χ0n) is 15.0. The van der Waals surface area contributed by atoms with Gasteiger partial charge in [-0.1, -0.05) is 63.2 Å². The number of para-hydroxylation sites is 1. The van der Waals surface area contributed by atoms with E-state index in [0.29, 0.717) is 10.1 Å². The summed E-state index contributed by atoms with van der Waals surface area (Å²) in [5.74, 6) is -0.0998. The van der Waals surface area contributed by atoms with E-state index in [1.54, 1.807) is 0 Å². The van der Waals surface area contributed by atoms with E-state index in [9.17, 15) is 4.79 Å². The van der Waals surface area contributed by atoms with Gasteiger partial charge in [-0.25, -0.2) is 4.99 Å². The van der Waals surface area contributed by atoms with Crippen LogP contribution in [0.1, 0.15) is 37.5 Å². The summed E-state index contributed by atoms with van der Waals surface area (Å²) in [7, 11) is 0. The van der Waals surface area contributed by atoms with Gasteiger partial charge >= 0.3 is 0 Å². The fourth-order valence-corrected chi connectivity index (χ4v) is 3.34. The highest BCUT2D eigenvalue weighted by molar-refractivity contribution is 8.18. The normalized spacial score (nSPS) is 18.0. The molecule has 1 N–H and O–H groups in total. The number of amides is 1. The Bertz CT molecular complexity index is 858. The van der Waals surface area contributed by atoms with Crippen LogP contribution in [0.3, 0.4) is 0 Å². The zero-order chi connectivity index (χ0) is 18.0. The number of nitrogens with one attached hydrogen (secondary N) is 1. The molecule has 0 spiro atoms. The number of rotatable bonds is 2. The van der Waals surface area contributed by atoms with Gasteiger partial charge in [0, 0.05) is 0 Å².